The molecule has 2 unspecified atom stereocenters. The van der Waals surface area contributed by atoms with E-state index in [0.29, 0.717) is 15.8 Å². The zero-order chi connectivity index (χ0) is 22.9. The Morgan fingerprint density at radius 2 is 1.97 bits per heavy atom. The van der Waals surface area contributed by atoms with Crippen molar-refractivity contribution in [2.24, 2.45) is 5.41 Å². The Morgan fingerprint density at radius 3 is 2.55 bits per heavy atom. The number of hydrogen-bond acceptors (Lipinski definition) is 5. The number of alkyl halides is 3. The molecular formula is C20H24F4N4O3. The Morgan fingerprint density at radius 1 is 1.32 bits per heavy atom. The third-order valence-electron chi connectivity index (χ3n) is 6.53. The van der Waals surface area contributed by atoms with Crippen LogP contribution in [-0.4, -0.2) is 39.7 Å². The third-order valence-corrected chi connectivity index (χ3v) is 6.53. The molecule has 31 heavy (non-hydrogen) atoms. The molecule has 2 heterocycles. The van der Waals surface area contributed by atoms with Gasteiger partial charge >= 0.3 is 11.9 Å². The van der Waals surface area contributed by atoms with Crippen molar-refractivity contribution in [3.05, 3.63) is 38.3 Å². The highest BCUT2D eigenvalue weighted by Gasteiger charge is 2.45. The molecule has 7 nitrogen and oxygen atoms in total. The smallest absolute Gasteiger partial charge is 0.391 e. The molecule has 11 heteroatoms. The fourth-order valence-electron chi connectivity index (χ4n) is 4.63. The van der Waals surface area contributed by atoms with Crippen LogP contribution in [0.25, 0.3) is 10.9 Å². The highest BCUT2D eigenvalue weighted by Crippen LogP contribution is 2.43. The van der Waals surface area contributed by atoms with Crippen LogP contribution in [0.5, 0.6) is 0 Å². The van der Waals surface area contributed by atoms with Gasteiger partial charge in [-0.1, -0.05) is 6.92 Å². The van der Waals surface area contributed by atoms with E-state index in [1.54, 1.807) is 18.7 Å². The maximum absolute atomic E-state index is 15.2. The molecule has 2 atom stereocenters. The molecule has 2 aliphatic rings. The number of nitrogens with zero attached hydrogens (tertiary/aromatic N) is 3. The van der Waals surface area contributed by atoms with Gasteiger partial charge in [0.15, 0.2) is 0 Å². The topological polar surface area (TPSA) is 93.5 Å². The predicted octanol–water partition coefficient (Wildman–Crippen LogP) is 2.19. The highest BCUT2D eigenvalue weighted by atomic mass is 19.4. The van der Waals surface area contributed by atoms with E-state index < -0.39 is 41.2 Å². The number of anilines is 1. The molecule has 2 fully saturated rings. The van der Waals surface area contributed by atoms with Crippen LogP contribution in [0.3, 0.4) is 0 Å². The summed E-state index contributed by atoms with van der Waals surface area (Å²) >= 11 is 0. The molecule has 1 aromatic heterocycles. The van der Waals surface area contributed by atoms with Gasteiger partial charge in [-0.2, -0.15) is 17.8 Å². The van der Waals surface area contributed by atoms with Crippen molar-refractivity contribution >= 4 is 16.6 Å². The van der Waals surface area contributed by atoms with Crippen LogP contribution < -0.4 is 22.0 Å². The lowest BCUT2D eigenvalue weighted by atomic mass is 9.82. The summed E-state index contributed by atoms with van der Waals surface area (Å²) in [4.78, 5) is 26.7. The van der Waals surface area contributed by atoms with E-state index in [2.05, 4.69) is 0 Å². The van der Waals surface area contributed by atoms with E-state index in [1.807, 2.05) is 0 Å². The van der Waals surface area contributed by atoms with Crippen LogP contribution in [0.4, 0.5) is 23.2 Å². The third kappa shape index (κ3) is 3.58. The monoisotopic (exact) mass is 444 g/mol. The Kier molecular flexibility index (Phi) is 4.87. The first-order valence-corrected chi connectivity index (χ1v) is 10.1. The summed E-state index contributed by atoms with van der Waals surface area (Å²) in [6, 6.07) is 0.892. The summed E-state index contributed by atoms with van der Waals surface area (Å²) in [6.07, 6.45) is -5.79. The first-order chi connectivity index (χ1) is 14.3. The fraction of sp³-hybridized carbons (Fsp3) is 0.600. The molecule has 0 spiro atoms. The Balaban J connectivity index is 1.81. The minimum atomic E-state index is -4.51. The van der Waals surface area contributed by atoms with Gasteiger partial charge in [-0.25, -0.2) is 9.18 Å². The number of fused-ring (bicyclic) bond motifs is 1. The zero-order valence-corrected chi connectivity index (χ0v) is 17.2. The van der Waals surface area contributed by atoms with Gasteiger partial charge in [0.05, 0.1) is 29.1 Å². The predicted molar refractivity (Wildman–Crippen MR) is 107 cm³/mol. The minimum absolute atomic E-state index is 0.00906. The maximum Gasteiger partial charge on any atom is 0.391 e. The first-order valence-electron chi connectivity index (χ1n) is 10.1. The van der Waals surface area contributed by atoms with Crippen molar-refractivity contribution in [3.63, 3.8) is 0 Å². The molecule has 4 rings (SSSR count). The van der Waals surface area contributed by atoms with E-state index in [9.17, 15) is 27.9 Å². The molecule has 170 valence electrons. The van der Waals surface area contributed by atoms with Gasteiger partial charge in [0, 0.05) is 30.1 Å². The molecule has 3 N–H and O–H groups in total. The average molecular weight is 444 g/mol. The van der Waals surface area contributed by atoms with Gasteiger partial charge in [0.25, 0.3) is 5.56 Å². The first kappa shape index (κ1) is 21.7. The van der Waals surface area contributed by atoms with Crippen LogP contribution in [0.1, 0.15) is 44.2 Å². The molecule has 0 radical (unpaired) electrons. The number of aryl methyl sites for hydroxylation is 1. The lowest BCUT2D eigenvalue weighted by molar-refractivity contribution is -0.165. The van der Waals surface area contributed by atoms with E-state index in [1.165, 1.54) is 4.57 Å². The number of aliphatic hydroxyl groups excluding tert-OH is 1. The summed E-state index contributed by atoms with van der Waals surface area (Å²) in [5.41, 5.74) is -1.81. The van der Waals surface area contributed by atoms with E-state index in [4.69, 9.17) is 5.84 Å². The number of rotatable bonds is 4. The molecule has 1 aliphatic carbocycles. The second-order valence-electron chi connectivity index (χ2n) is 8.95. The van der Waals surface area contributed by atoms with Crippen molar-refractivity contribution in [2.45, 2.75) is 57.9 Å². The van der Waals surface area contributed by atoms with Gasteiger partial charge in [0.2, 0.25) is 0 Å². The van der Waals surface area contributed by atoms with Crippen molar-refractivity contribution in [1.29, 1.82) is 0 Å². The largest absolute Gasteiger partial charge is 0.392 e. The van der Waals surface area contributed by atoms with Gasteiger partial charge in [-0.05, 0) is 32.3 Å². The summed E-state index contributed by atoms with van der Waals surface area (Å²) in [7, 11) is 0. The molecule has 0 bridgehead atoms. The van der Waals surface area contributed by atoms with E-state index in [-0.39, 0.29) is 36.6 Å². The van der Waals surface area contributed by atoms with Crippen molar-refractivity contribution in [2.75, 3.05) is 23.8 Å². The number of aliphatic hydroxyl groups is 1. The zero-order valence-electron chi connectivity index (χ0n) is 17.2. The number of benzene rings is 1. The second kappa shape index (κ2) is 6.98. The number of nitrogen functional groups attached to an aromatic ring is 1. The van der Waals surface area contributed by atoms with Crippen molar-refractivity contribution < 1.29 is 22.7 Å². The van der Waals surface area contributed by atoms with E-state index in [0.717, 1.165) is 18.9 Å². The van der Waals surface area contributed by atoms with Gasteiger partial charge < -0.3 is 15.8 Å². The summed E-state index contributed by atoms with van der Waals surface area (Å²) in [5, 5.41) is 10.2. The molecule has 1 saturated carbocycles. The fourth-order valence-corrected chi connectivity index (χ4v) is 4.63. The number of aromatic nitrogens is 2. The molecule has 1 aliphatic heterocycles. The normalized spacial score (nSPS) is 23.0. The van der Waals surface area contributed by atoms with Gasteiger partial charge in [0.1, 0.15) is 5.82 Å². The van der Waals surface area contributed by atoms with Crippen LogP contribution in [0.15, 0.2) is 15.7 Å². The van der Waals surface area contributed by atoms with Crippen molar-refractivity contribution in [1.82, 2.24) is 9.24 Å². The molecule has 1 aromatic carbocycles. The lowest BCUT2D eigenvalue weighted by Crippen LogP contribution is -2.45. The second-order valence-corrected chi connectivity index (χ2v) is 8.95. The summed E-state index contributed by atoms with van der Waals surface area (Å²) in [6.45, 7) is 3.37. The van der Waals surface area contributed by atoms with Crippen LogP contribution >= 0.6 is 0 Å². The van der Waals surface area contributed by atoms with Crippen LogP contribution in [-0.2, 0) is 0 Å². The molecule has 2 aromatic rings. The molecule has 0 amide bonds. The van der Waals surface area contributed by atoms with Gasteiger partial charge in [-0.3, -0.25) is 9.36 Å². The SMILES string of the molecule is Cc1c(N2CCC(C)(C(O)CC(F)(F)F)C2)c(F)cc2c(=O)n(N)c(=O)n(C3CC3)c12. The van der Waals surface area contributed by atoms with Crippen LogP contribution in [0, 0.1) is 18.2 Å². The van der Waals surface area contributed by atoms with Crippen molar-refractivity contribution in [3.8, 4) is 0 Å². The van der Waals surface area contributed by atoms with E-state index >= 15 is 4.39 Å². The number of halogens is 4. The maximum atomic E-state index is 15.2. The van der Waals surface area contributed by atoms with Gasteiger partial charge in [-0.15, -0.1) is 0 Å². The quantitative estimate of drug-likeness (QED) is 0.557. The Hall–Kier alpha value is -2.56. The minimum Gasteiger partial charge on any atom is -0.392 e. The Labute approximate surface area is 174 Å². The lowest BCUT2D eigenvalue weighted by Gasteiger charge is -2.32. The summed E-state index contributed by atoms with van der Waals surface area (Å²) < 4.78 is 55.4. The summed E-state index contributed by atoms with van der Waals surface area (Å²) in [5.74, 6) is 4.89. The molecular weight excluding hydrogens is 420 g/mol. The average Bonchev–Trinajstić information content (AvgIpc) is 3.41. The highest BCUT2D eigenvalue weighted by molar-refractivity contribution is 5.87. The number of nitrogens with two attached hydrogens (primary N) is 1. The Bertz CT molecular complexity index is 1170. The number of hydrogen-bond donors (Lipinski definition) is 2. The standard InChI is InChI=1S/C20H24F4N4O3/c1-10-15-12(17(30)28(25)18(31)27(15)11-3-4-11)7-13(21)16(10)26-6-5-19(2,9-26)14(29)8-20(22,23)24/h7,11,14,29H,3-6,8-9,25H2,1-2H3. The molecule has 1 saturated heterocycles. The van der Waals surface area contributed by atoms with Crippen LogP contribution in [0.2, 0.25) is 0 Å².